The smallest absolute Gasteiger partial charge is 0.336 e. The van der Waals surface area contributed by atoms with Crippen molar-refractivity contribution in [3.05, 3.63) is 65.2 Å². The van der Waals surface area contributed by atoms with Crippen molar-refractivity contribution in [3.8, 4) is 0 Å². The van der Waals surface area contributed by atoms with Crippen LogP contribution >= 0.6 is 11.3 Å². The molecule has 3 aromatic rings. The van der Waals surface area contributed by atoms with E-state index in [4.69, 9.17) is 4.84 Å². The van der Waals surface area contributed by atoms with Gasteiger partial charge in [-0.3, -0.25) is 4.84 Å². The molecular weight excluding hydrogens is 322 g/mol. The van der Waals surface area contributed by atoms with Gasteiger partial charge in [-0.2, -0.15) is 0 Å². The van der Waals surface area contributed by atoms with E-state index in [0.29, 0.717) is 13.2 Å². The molecule has 2 amide bonds. The molecule has 1 aromatic heterocycles. The van der Waals surface area contributed by atoms with E-state index < -0.39 is 0 Å². The maximum atomic E-state index is 11.6. The second kappa shape index (κ2) is 8.42. The number of carbonyl (C=O) groups is 1. The Morgan fingerprint density at radius 2 is 1.88 bits per heavy atom. The van der Waals surface area contributed by atoms with E-state index in [1.54, 1.807) is 11.3 Å². The summed E-state index contributed by atoms with van der Waals surface area (Å²) >= 11 is 1.70. The van der Waals surface area contributed by atoms with E-state index in [2.05, 4.69) is 21.8 Å². The molecule has 2 N–H and O–H groups in total. The first-order valence-electron chi connectivity index (χ1n) is 7.85. The summed E-state index contributed by atoms with van der Waals surface area (Å²) in [4.78, 5) is 21.4. The number of hydrogen-bond donors (Lipinski definition) is 2. The van der Waals surface area contributed by atoms with Crippen LogP contribution in [0.2, 0.25) is 0 Å². The van der Waals surface area contributed by atoms with Crippen molar-refractivity contribution >= 4 is 27.6 Å². The molecule has 0 atom stereocenters. The van der Waals surface area contributed by atoms with Gasteiger partial charge in [-0.15, -0.1) is 11.3 Å². The number of carbonyl (C=O) groups excluding carboxylic acids is 1. The maximum Gasteiger partial charge on any atom is 0.338 e. The van der Waals surface area contributed by atoms with Crippen LogP contribution < -0.4 is 10.8 Å². The summed E-state index contributed by atoms with van der Waals surface area (Å²) < 4.78 is 1.20. The molecular formula is C18H19N3O2S. The minimum Gasteiger partial charge on any atom is -0.336 e. The van der Waals surface area contributed by atoms with Crippen molar-refractivity contribution < 1.29 is 9.63 Å². The second-order valence-corrected chi connectivity index (χ2v) is 6.43. The lowest BCUT2D eigenvalue weighted by Crippen LogP contribution is -2.36. The lowest BCUT2D eigenvalue weighted by molar-refractivity contribution is 0.0491. The lowest BCUT2D eigenvalue weighted by Gasteiger charge is -2.07. The van der Waals surface area contributed by atoms with Gasteiger partial charge in [0.1, 0.15) is 0 Å². The van der Waals surface area contributed by atoms with Crippen LogP contribution in [-0.4, -0.2) is 17.6 Å². The second-order valence-electron chi connectivity index (χ2n) is 5.31. The third-order valence-corrected chi connectivity index (χ3v) is 4.53. The molecule has 0 bridgehead atoms. The maximum absolute atomic E-state index is 11.6. The predicted molar refractivity (Wildman–Crippen MR) is 95.7 cm³/mol. The largest absolute Gasteiger partial charge is 0.338 e. The Labute approximate surface area is 144 Å². The van der Waals surface area contributed by atoms with Crippen LogP contribution in [-0.2, 0) is 17.9 Å². The first-order valence-corrected chi connectivity index (χ1v) is 8.67. The molecule has 5 nitrogen and oxygen atoms in total. The van der Waals surface area contributed by atoms with Crippen LogP contribution in [0.15, 0.2) is 54.6 Å². The third kappa shape index (κ3) is 4.78. The van der Waals surface area contributed by atoms with E-state index in [0.717, 1.165) is 28.9 Å². The van der Waals surface area contributed by atoms with Crippen molar-refractivity contribution in [2.45, 2.75) is 19.4 Å². The summed E-state index contributed by atoms with van der Waals surface area (Å²) in [6.45, 7) is 0.927. The van der Waals surface area contributed by atoms with Crippen molar-refractivity contribution in [2.24, 2.45) is 0 Å². The van der Waals surface area contributed by atoms with Gasteiger partial charge in [0.25, 0.3) is 0 Å². The van der Waals surface area contributed by atoms with E-state index >= 15 is 0 Å². The third-order valence-electron chi connectivity index (χ3n) is 3.44. The molecule has 6 heteroatoms. The lowest BCUT2D eigenvalue weighted by atomic mass is 10.2. The topological polar surface area (TPSA) is 63.2 Å². The van der Waals surface area contributed by atoms with Crippen molar-refractivity contribution in [2.75, 3.05) is 6.54 Å². The molecule has 0 fully saturated rings. The highest BCUT2D eigenvalue weighted by molar-refractivity contribution is 7.18. The molecule has 2 aromatic carbocycles. The van der Waals surface area contributed by atoms with Gasteiger partial charge in [0.15, 0.2) is 0 Å². The minimum absolute atomic E-state index is 0.324. The van der Waals surface area contributed by atoms with Crippen LogP contribution in [0.5, 0.6) is 0 Å². The number of aryl methyl sites for hydroxylation is 1. The Morgan fingerprint density at radius 1 is 1.08 bits per heavy atom. The average Bonchev–Trinajstić information content (AvgIpc) is 3.02. The van der Waals surface area contributed by atoms with Crippen LogP contribution in [0.1, 0.15) is 17.0 Å². The van der Waals surface area contributed by atoms with Gasteiger partial charge in [0.05, 0.1) is 21.8 Å². The number of nitrogens with one attached hydrogen (secondary N) is 2. The van der Waals surface area contributed by atoms with Gasteiger partial charge in [0.2, 0.25) is 0 Å². The van der Waals surface area contributed by atoms with Gasteiger partial charge in [0, 0.05) is 13.0 Å². The van der Waals surface area contributed by atoms with Gasteiger partial charge in [-0.25, -0.2) is 15.3 Å². The Bertz CT molecular complexity index is 756. The Kier molecular flexibility index (Phi) is 5.76. The highest BCUT2D eigenvalue weighted by atomic mass is 32.1. The van der Waals surface area contributed by atoms with Crippen LogP contribution in [0.4, 0.5) is 4.79 Å². The van der Waals surface area contributed by atoms with Gasteiger partial charge < -0.3 is 5.32 Å². The molecule has 0 aliphatic rings. The predicted octanol–water partition coefficient (Wildman–Crippen LogP) is 3.66. The van der Waals surface area contributed by atoms with Crippen LogP contribution in [0.25, 0.3) is 10.2 Å². The van der Waals surface area contributed by atoms with E-state index in [1.807, 2.05) is 48.5 Å². The molecule has 0 aliphatic heterocycles. The van der Waals surface area contributed by atoms with Gasteiger partial charge in [-0.05, 0) is 24.1 Å². The fourth-order valence-electron chi connectivity index (χ4n) is 2.26. The molecule has 0 radical (unpaired) electrons. The number of hydroxylamine groups is 1. The van der Waals surface area contributed by atoms with Crippen LogP contribution in [0, 0.1) is 0 Å². The molecule has 0 saturated heterocycles. The van der Waals surface area contributed by atoms with Crippen molar-refractivity contribution in [1.29, 1.82) is 0 Å². The molecule has 3 rings (SSSR count). The molecule has 124 valence electrons. The fraction of sp³-hybridized carbons (Fsp3) is 0.222. The van der Waals surface area contributed by atoms with Crippen molar-refractivity contribution in [3.63, 3.8) is 0 Å². The summed E-state index contributed by atoms with van der Waals surface area (Å²) in [6.07, 6.45) is 1.69. The normalized spacial score (nSPS) is 10.7. The van der Waals surface area contributed by atoms with Gasteiger partial charge in [-0.1, -0.05) is 42.5 Å². The summed E-state index contributed by atoms with van der Waals surface area (Å²) in [5.41, 5.74) is 4.44. The number of rotatable bonds is 7. The molecule has 24 heavy (non-hydrogen) atoms. The molecule has 0 unspecified atom stereocenters. The van der Waals surface area contributed by atoms with Gasteiger partial charge >= 0.3 is 6.03 Å². The first-order chi connectivity index (χ1) is 11.8. The van der Waals surface area contributed by atoms with Crippen molar-refractivity contribution in [1.82, 2.24) is 15.8 Å². The van der Waals surface area contributed by atoms with Crippen LogP contribution in [0.3, 0.4) is 0 Å². The molecule has 1 heterocycles. The quantitative estimate of drug-likeness (QED) is 0.509. The monoisotopic (exact) mass is 341 g/mol. The zero-order valence-corrected chi connectivity index (χ0v) is 14.0. The zero-order chi connectivity index (χ0) is 16.6. The highest BCUT2D eigenvalue weighted by Crippen LogP contribution is 2.22. The van der Waals surface area contributed by atoms with E-state index in [9.17, 15) is 4.79 Å². The van der Waals surface area contributed by atoms with E-state index in [1.165, 1.54) is 4.70 Å². The summed E-state index contributed by atoms with van der Waals surface area (Å²) in [7, 11) is 0. The zero-order valence-electron chi connectivity index (χ0n) is 13.2. The Morgan fingerprint density at radius 3 is 2.71 bits per heavy atom. The number of para-hydroxylation sites is 1. The average molecular weight is 341 g/mol. The summed E-state index contributed by atoms with van der Waals surface area (Å²) in [6, 6.07) is 17.5. The Hall–Kier alpha value is -2.44. The number of fused-ring (bicyclic) bond motifs is 1. The fourth-order valence-corrected chi connectivity index (χ4v) is 3.27. The summed E-state index contributed by atoms with van der Waals surface area (Å²) in [5, 5.41) is 3.87. The minimum atomic E-state index is -0.324. The highest BCUT2D eigenvalue weighted by Gasteiger charge is 2.04. The number of nitrogens with zero attached hydrogens (tertiary/aromatic N) is 1. The number of urea groups is 1. The number of aromatic nitrogens is 1. The number of thiazole rings is 1. The number of benzene rings is 2. The Balaban J connectivity index is 1.32. The van der Waals surface area contributed by atoms with E-state index in [-0.39, 0.29) is 6.03 Å². The molecule has 0 spiro atoms. The SMILES string of the molecule is O=C(NCCCc1nc2ccccc2s1)NOCc1ccccc1. The summed E-state index contributed by atoms with van der Waals surface area (Å²) in [5.74, 6) is 0. The number of hydrogen-bond acceptors (Lipinski definition) is 4. The molecule has 0 saturated carbocycles. The first kappa shape index (κ1) is 16.4. The molecule has 0 aliphatic carbocycles. The standard InChI is InChI=1S/C18H19N3O2S/c22-18(21-23-13-14-7-2-1-3-8-14)19-12-6-11-17-20-15-9-4-5-10-16(15)24-17/h1-5,7-10H,6,11-13H2,(H2,19,21,22). The number of amides is 2.